The van der Waals surface area contributed by atoms with E-state index in [9.17, 15) is 4.79 Å². The summed E-state index contributed by atoms with van der Waals surface area (Å²) in [5, 5.41) is 1.44. The lowest BCUT2D eigenvalue weighted by molar-refractivity contribution is -0.124. The number of fused-ring (bicyclic) bond motifs is 1. The summed E-state index contributed by atoms with van der Waals surface area (Å²) in [6.45, 7) is 2.57. The topological polar surface area (TPSA) is 33.2 Å². The number of rotatable bonds is 4. The second-order valence-electron chi connectivity index (χ2n) is 6.58. The number of aryl methyl sites for hydroxylation is 1. The monoisotopic (exact) mass is 370 g/mol. The van der Waals surface area contributed by atoms with Crippen LogP contribution in [0.15, 0.2) is 42.5 Å². The van der Waals surface area contributed by atoms with Crippen LogP contribution in [0.5, 0.6) is 0 Å². The summed E-state index contributed by atoms with van der Waals surface area (Å²) in [4.78, 5) is 19.7. The molecule has 4 rings (SSSR count). The summed E-state index contributed by atoms with van der Waals surface area (Å²) in [5.74, 6) is 0.315. The normalized spacial score (nSPS) is 14.5. The molecule has 0 spiro atoms. The minimum Gasteiger partial charge on any atom is -0.283 e. The molecule has 0 bridgehead atoms. The van der Waals surface area contributed by atoms with Gasteiger partial charge in [-0.05, 0) is 37.0 Å². The van der Waals surface area contributed by atoms with Gasteiger partial charge < -0.3 is 0 Å². The molecule has 1 aliphatic carbocycles. The minimum atomic E-state index is 0.132. The fourth-order valence-electron chi connectivity index (χ4n) is 3.09. The first kappa shape index (κ1) is 16.6. The van der Waals surface area contributed by atoms with Crippen LogP contribution in [0.3, 0.4) is 0 Å². The van der Waals surface area contributed by atoms with Gasteiger partial charge in [0.25, 0.3) is 0 Å². The molecule has 0 atom stereocenters. The first-order valence-electron chi connectivity index (χ1n) is 8.54. The molecule has 1 aromatic heterocycles. The van der Waals surface area contributed by atoms with Gasteiger partial charge in [0, 0.05) is 5.92 Å². The summed E-state index contributed by atoms with van der Waals surface area (Å²) < 4.78 is 0.955. The molecule has 0 saturated heterocycles. The van der Waals surface area contributed by atoms with Crippen molar-refractivity contribution in [2.24, 2.45) is 5.92 Å². The Hall–Kier alpha value is -1.91. The van der Waals surface area contributed by atoms with Crippen LogP contribution in [0, 0.1) is 12.8 Å². The molecule has 0 radical (unpaired) electrons. The molecule has 3 aromatic rings. The summed E-state index contributed by atoms with van der Waals surface area (Å²) in [6.07, 6.45) is 3.10. The summed E-state index contributed by atoms with van der Waals surface area (Å²) in [7, 11) is 0. The van der Waals surface area contributed by atoms with Crippen molar-refractivity contribution in [3.63, 3.8) is 0 Å². The molecular weight excluding hydrogens is 352 g/mol. The number of thiazole rings is 1. The Bertz CT molecular complexity index is 879. The first-order chi connectivity index (χ1) is 12.1. The molecule has 1 fully saturated rings. The lowest BCUT2D eigenvalue weighted by atomic mass is 9.84. The minimum absolute atomic E-state index is 0.132. The molecule has 1 aliphatic rings. The SMILES string of the molecule is Cc1ccc(Cl)c2sc(N(Cc3ccccc3)C(=O)C3CCC3)nc12. The van der Waals surface area contributed by atoms with Gasteiger partial charge in [0.2, 0.25) is 5.91 Å². The fraction of sp³-hybridized carbons (Fsp3) is 0.300. The Balaban J connectivity index is 1.75. The highest BCUT2D eigenvalue weighted by atomic mass is 35.5. The molecule has 5 heteroatoms. The average molecular weight is 371 g/mol. The molecule has 128 valence electrons. The predicted octanol–water partition coefficient (Wildman–Crippen LogP) is 5.59. The van der Waals surface area contributed by atoms with Gasteiger partial charge in [-0.15, -0.1) is 0 Å². The standard InChI is InChI=1S/C20H19ClN2OS/c1-13-10-11-16(21)18-17(13)22-20(25-18)23(19(24)15-8-5-9-15)12-14-6-3-2-4-7-14/h2-4,6-7,10-11,15H,5,8-9,12H2,1H3. The van der Waals surface area contributed by atoms with Gasteiger partial charge in [-0.2, -0.15) is 0 Å². The Morgan fingerprint density at radius 2 is 2.00 bits per heavy atom. The predicted molar refractivity (Wildman–Crippen MR) is 104 cm³/mol. The average Bonchev–Trinajstić information content (AvgIpc) is 3.02. The lowest BCUT2D eigenvalue weighted by Gasteiger charge is -2.30. The zero-order valence-corrected chi connectivity index (χ0v) is 15.6. The third-order valence-corrected chi connectivity index (χ3v) is 6.36. The molecule has 1 heterocycles. The number of hydrogen-bond acceptors (Lipinski definition) is 3. The van der Waals surface area contributed by atoms with E-state index in [2.05, 4.69) is 0 Å². The highest BCUT2D eigenvalue weighted by Crippen LogP contribution is 2.38. The van der Waals surface area contributed by atoms with E-state index < -0.39 is 0 Å². The maximum absolute atomic E-state index is 13.0. The van der Waals surface area contributed by atoms with E-state index in [1.807, 2.05) is 54.3 Å². The Labute approximate surface area is 156 Å². The highest BCUT2D eigenvalue weighted by Gasteiger charge is 2.32. The van der Waals surface area contributed by atoms with Crippen LogP contribution < -0.4 is 4.90 Å². The summed E-state index contributed by atoms with van der Waals surface area (Å²) in [6, 6.07) is 14.0. The van der Waals surface area contributed by atoms with Crippen LogP contribution in [0.4, 0.5) is 5.13 Å². The Morgan fingerprint density at radius 1 is 1.24 bits per heavy atom. The Morgan fingerprint density at radius 3 is 2.64 bits per heavy atom. The van der Waals surface area contributed by atoms with Crippen molar-refractivity contribution in [1.29, 1.82) is 0 Å². The smallest absolute Gasteiger partial charge is 0.232 e. The number of carbonyl (C=O) groups excluding carboxylic acids is 1. The second-order valence-corrected chi connectivity index (χ2v) is 7.96. The molecule has 3 nitrogen and oxygen atoms in total. The van der Waals surface area contributed by atoms with E-state index in [1.54, 1.807) is 0 Å². The number of halogens is 1. The van der Waals surface area contributed by atoms with Gasteiger partial charge in [-0.3, -0.25) is 9.69 Å². The number of aromatic nitrogens is 1. The van der Waals surface area contributed by atoms with Crippen molar-refractivity contribution >= 4 is 44.2 Å². The number of hydrogen-bond donors (Lipinski definition) is 0. The van der Waals surface area contributed by atoms with E-state index in [4.69, 9.17) is 16.6 Å². The molecule has 2 aromatic carbocycles. The van der Waals surface area contributed by atoms with Crippen molar-refractivity contribution in [3.05, 3.63) is 58.6 Å². The zero-order valence-electron chi connectivity index (χ0n) is 14.0. The van der Waals surface area contributed by atoms with Gasteiger partial charge >= 0.3 is 0 Å². The molecular formula is C20H19ClN2OS. The number of anilines is 1. The molecule has 0 unspecified atom stereocenters. The van der Waals surface area contributed by atoms with E-state index in [-0.39, 0.29) is 11.8 Å². The van der Waals surface area contributed by atoms with Crippen LogP contribution in [0.2, 0.25) is 5.02 Å². The quantitative estimate of drug-likeness (QED) is 0.599. The highest BCUT2D eigenvalue weighted by molar-refractivity contribution is 7.23. The number of amides is 1. The van der Waals surface area contributed by atoms with Crippen molar-refractivity contribution in [2.45, 2.75) is 32.7 Å². The third-order valence-electron chi connectivity index (χ3n) is 4.82. The maximum atomic E-state index is 13.0. The summed E-state index contributed by atoms with van der Waals surface area (Å²) >= 11 is 7.86. The molecule has 0 aliphatic heterocycles. The molecule has 25 heavy (non-hydrogen) atoms. The number of benzene rings is 2. The van der Waals surface area contributed by atoms with Gasteiger partial charge in [-0.25, -0.2) is 4.98 Å². The lowest BCUT2D eigenvalue weighted by Crippen LogP contribution is -2.38. The van der Waals surface area contributed by atoms with Crippen molar-refractivity contribution < 1.29 is 4.79 Å². The number of nitrogens with zero attached hydrogens (tertiary/aromatic N) is 2. The van der Waals surface area contributed by atoms with Crippen molar-refractivity contribution in [3.8, 4) is 0 Å². The van der Waals surface area contributed by atoms with Crippen molar-refractivity contribution in [2.75, 3.05) is 4.90 Å². The molecule has 0 N–H and O–H groups in total. The first-order valence-corrected chi connectivity index (χ1v) is 9.74. The van der Waals surface area contributed by atoms with Crippen LogP contribution >= 0.6 is 22.9 Å². The second kappa shape index (κ2) is 6.77. The van der Waals surface area contributed by atoms with Gasteiger partial charge in [0.05, 0.1) is 21.8 Å². The van der Waals surface area contributed by atoms with Gasteiger partial charge in [0.1, 0.15) is 0 Å². The largest absolute Gasteiger partial charge is 0.283 e. The van der Waals surface area contributed by atoms with E-state index >= 15 is 0 Å². The zero-order chi connectivity index (χ0) is 17.4. The van der Waals surface area contributed by atoms with Gasteiger partial charge in [0.15, 0.2) is 5.13 Å². The van der Waals surface area contributed by atoms with Gasteiger partial charge in [-0.1, -0.05) is 65.8 Å². The van der Waals surface area contributed by atoms with E-state index in [1.165, 1.54) is 11.3 Å². The van der Waals surface area contributed by atoms with Crippen LogP contribution in [-0.4, -0.2) is 10.9 Å². The van der Waals surface area contributed by atoms with E-state index in [0.717, 1.165) is 45.7 Å². The maximum Gasteiger partial charge on any atom is 0.232 e. The molecule has 1 saturated carbocycles. The number of carbonyl (C=O) groups is 1. The van der Waals surface area contributed by atoms with Crippen molar-refractivity contribution in [1.82, 2.24) is 4.98 Å². The van der Waals surface area contributed by atoms with E-state index in [0.29, 0.717) is 11.6 Å². The summed E-state index contributed by atoms with van der Waals surface area (Å²) in [5.41, 5.74) is 3.09. The Kier molecular flexibility index (Phi) is 4.48. The molecule has 1 amide bonds. The third kappa shape index (κ3) is 3.16. The van der Waals surface area contributed by atoms with Crippen LogP contribution in [-0.2, 0) is 11.3 Å². The van der Waals surface area contributed by atoms with Crippen LogP contribution in [0.1, 0.15) is 30.4 Å². The van der Waals surface area contributed by atoms with Crippen LogP contribution in [0.25, 0.3) is 10.2 Å². The fourth-order valence-corrected chi connectivity index (χ4v) is 4.41.